The molecular weight excluding hydrogens is 300 g/mol. The van der Waals surface area contributed by atoms with E-state index in [9.17, 15) is 4.79 Å². The highest BCUT2D eigenvalue weighted by atomic mass is 16.5. The Hall–Kier alpha value is -2.33. The van der Waals surface area contributed by atoms with Crippen molar-refractivity contribution in [3.8, 4) is 0 Å². The van der Waals surface area contributed by atoms with Crippen molar-refractivity contribution in [2.45, 2.75) is 33.1 Å². The SMILES string of the molecule is CC(C)[C@H](CNC(=O)c1ccc2c(c1)COC2)Nc1ccccc1. The van der Waals surface area contributed by atoms with Crippen LogP contribution in [0.25, 0.3) is 0 Å². The van der Waals surface area contributed by atoms with Crippen LogP contribution in [0.2, 0.25) is 0 Å². The summed E-state index contributed by atoms with van der Waals surface area (Å²) in [6.45, 7) is 6.13. The summed E-state index contributed by atoms with van der Waals surface area (Å²) >= 11 is 0. The first-order valence-electron chi connectivity index (χ1n) is 8.43. The zero-order valence-corrected chi connectivity index (χ0v) is 14.2. The third kappa shape index (κ3) is 3.95. The van der Waals surface area contributed by atoms with E-state index in [1.807, 2.05) is 48.5 Å². The van der Waals surface area contributed by atoms with Crippen LogP contribution in [0.1, 0.15) is 35.3 Å². The van der Waals surface area contributed by atoms with E-state index in [2.05, 4.69) is 24.5 Å². The highest BCUT2D eigenvalue weighted by Gasteiger charge is 2.17. The van der Waals surface area contributed by atoms with Gasteiger partial charge in [0.15, 0.2) is 0 Å². The minimum atomic E-state index is -0.0368. The molecule has 1 amide bonds. The third-order valence-electron chi connectivity index (χ3n) is 4.40. The Bertz CT molecular complexity index is 698. The Morgan fingerprint density at radius 2 is 1.83 bits per heavy atom. The van der Waals surface area contributed by atoms with E-state index >= 15 is 0 Å². The molecule has 1 heterocycles. The lowest BCUT2D eigenvalue weighted by Gasteiger charge is -2.24. The second-order valence-electron chi connectivity index (χ2n) is 6.55. The van der Waals surface area contributed by atoms with E-state index in [-0.39, 0.29) is 11.9 Å². The average molecular weight is 324 g/mol. The Balaban J connectivity index is 1.61. The predicted octanol–water partition coefficient (Wildman–Crippen LogP) is 3.58. The molecule has 0 saturated carbocycles. The molecule has 2 aromatic rings. The first kappa shape index (κ1) is 16.5. The minimum Gasteiger partial charge on any atom is -0.380 e. The number of rotatable bonds is 6. The number of ether oxygens (including phenoxy) is 1. The Morgan fingerprint density at radius 1 is 1.08 bits per heavy atom. The number of carbonyl (C=O) groups excluding carboxylic acids is 1. The van der Waals surface area contributed by atoms with Crippen LogP contribution in [0, 0.1) is 5.92 Å². The predicted molar refractivity (Wildman–Crippen MR) is 96.0 cm³/mol. The highest BCUT2D eigenvalue weighted by molar-refractivity contribution is 5.94. The van der Waals surface area contributed by atoms with E-state index in [1.165, 1.54) is 5.56 Å². The van der Waals surface area contributed by atoms with Gasteiger partial charge in [-0.1, -0.05) is 38.1 Å². The number of benzene rings is 2. The molecule has 0 bridgehead atoms. The van der Waals surface area contributed by atoms with Gasteiger partial charge in [-0.3, -0.25) is 4.79 Å². The zero-order valence-electron chi connectivity index (χ0n) is 14.2. The summed E-state index contributed by atoms with van der Waals surface area (Å²) < 4.78 is 5.40. The van der Waals surface area contributed by atoms with Gasteiger partial charge >= 0.3 is 0 Å². The third-order valence-corrected chi connectivity index (χ3v) is 4.40. The molecule has 0 aromatic heterocycles. The number of para-hydroxylation sites is 1. The van der Waals surface area contributed by atoms with Gasteiger partial charge in [0.05, 0.1) is 13.2 Å². The van der Waals surface area contributed by atoms with Gasteiger partial charge in [0, 0.05) is 23.8 Å². The highest BCUT2D eigenvalue weighted by Crippen LogP contribution is 2.21. The van der Waals surface area contributed by atoms with Crippen molar-refractivity contribution in [1.82, 2.24) is 5.32 Å². The number of carbonyl (C=O) groups is 1. The Morgan fingerprint density at radius 3 is 2.58 bits per heavy atom. The lowest BCUT2D eigenvalue weighted by molar-refractivity contribution is 0.0950. The number of hydrogen-bond donors (Lipinski definition) is 2. The maximum atomic E-state index is 12.4. The minimum absolute atomic E-state index is 0.0368. The zero-order chi connectivity index (χ0) is 16.9. The van der Waals surface area contributed by atoms with E-state index in [4.69, 9.17) is 4.74 Å². The van der Waals surface area contributed by atoms with Crippen molar-refractivity contribution >= 4 is 11.6 Å². The molecule has 0 spiro atoms. The van der Waals surface area contributed by atoms with Crippen LogP contribution in [0.5, 0.6) is 0 Å². The second-order valence-corrected chi connectivity index (χ2v) is 6.55. The van der Waals surface area contributed by atoms with Gasteiger partial charge in [0.25, 0.3) is 5.91 Å². The molecule has 4 nitrogen and oxygen atoms in total. The van der Waals surface area contributed by atoms with Crippen LogP contribution in [-0.2, 0) is 18.0 Å². The monoisotopic (exact) mass is 324 g/mol. The number of amides is 1. The first-order valence-corrected chi connectivity index (χ1v) is 8.43. The molecule has 0 unspecified atom stereocenters. The lowest BCUT2D eigenvalue weighted by atomic mass is 10.0. The normalized spacial score (nSPS) is 14.3. The Labute approximate surface area is 143 Å². The molecule has 4 heteroatoms. The molecule has 2 aromatic carbocycles. The maximum Gasteiger partial charge on any atom is 0.251 e. The molecule has 24 heavy (non-hydrogen) atoms. The largest absolute Gasteiger partial charge is 0.380 e. The molecule has 0 saturated heterocycles. The van der Waals surface area contributed by atoms with Crippen LogP contribution in [0.15, 0.2) is 48.5 Å². The smallest absolute Gasteiger partial charge is 0.251 e. The molecule has 1 aliphatic rings. The Kier molecular flexibility index (Phi) is 5.16. The van der Waals surface area contributed by atoms with Crippen LogP contribution in [0.3, 0.4) is 0 Å². The number of anilines is 1. The van der Waals surface area contributed by atoms with Gasteiger partial charge in [0.2, 0.25) is 0 Å². The molecule has 0 radical (unpaired) electrons. The summed E-state index contributed by atoms with van der Waals surface area (Å²) in [4.78, 5) is 12.4. The first-order chi connectivity index (χ1) is 11.6. The van der Waals surface area contributed by atoms with Crippen LogP contribution < -0.4 is 10.6 Å². The maximum absolute atomic E-state index is 12.4. The van der Waals surface area contributed by atoms with Gasteiger partial charge in [0.1, 0.15) is 0 Å². The molecule has 1 atom stereocenters. The van der Waals surface area contributed by atoms with Crippen LogP contribution in [0.4, 0.5) is 5.69 Å². The molecule has 1 aliphatic heterocycles. The van der Waals surface area contributed by atoms with Crippen molar-refractivity contribution in [2.24, 2.45) is 5.92 Å². The van der Waals surface area contributed by atoms with E-state index in [1.54, 1.807) is 0 Å². The average Bonchev–Trinajstić information content (AvgIpc) is 3.06. The standard InChI is InChI=1S/C20H24N2O2/c1-14(2)19(22-18-6-4-3-5-7-18)11-21-20(23)15-8-9-16-12-24-13-17(16)10-15/h3-10,14,19,22H,11-13H2,1-2H3,(H,21,23)/t19-/m0/s1. The quantitative estimate of drug-likeness (QED) is 0.854. The summed E-state index contributed by atoms with van der Waals surface area (Å²) in [5.41, 5.74) is 4.06. The summed E-state index contributed by atoms with van der Waals surface area (Å²) in [7, 11) is 0. The van der Waals surface area contributed by atoms with Crippen LogP contribution >= 0.6 is 0 Å². The number of fused-ring (bicyclic) bond motifs is 1. The summed E-state index contributed by atoms with van der Waals surface area (Å²) in [6, 6.07) is 16.1. The fourth-order valence-corrected chi connectivity index (χ4v) is 2.82. The fourth-order valence-electron chi connectivity index (χ4n) is 2.82. The van der Waals surface area contributed by atoms with Gasteiger partial charge in [-0.05, 0) is 41.3 Å². The van der Waals surface area contributed by atoms with Crippen LogP contribution in [-0.4, -0.2) is 18.5 Å². The topological polar surface area (TPSA) is 50.4 Å². The van der Waals surface area contributed by atoms with Gasteiger partial charge < -0.3 is 15.4 Å². The van der Waals surface area contributed by atoms with Gasteiger partial charge in [-0.25, -0.2) is 0 Å². The summed E-state index contributed by atoms with van der Waals surface area (Å²) in [5, 5.41) is 6.54. The van der Waals surface area contributed by atoms with E-state index in [0.717, 1.165) is 11.3 Å². The molecule has 0 fully saturated rings. The number of hydrogen-bond acceptors (Lipinski definition) is 3. The van der Waals surface area contributed by atoms with Crippen molar-refractivity contribution < 1.29 is 9.53 Å². The van der Waals surface area contributed by atoms with Crippen molar-refractivity contribution in [3.05, 3.63) is 65.2 Å². The molecule has 0 aliphatic carbocycles. The fraction of sp³-hybridized carbons (Fsp3) is 0.350. The van der Waals surface area contributed by atoms with Crippen molar-refractivity contribution in [1.29, 1.82) is 0 Å². The van der Waals surface area contributed by atoms with E-state index < -0.39 is 0 Å². The second kappa shape index (κ2) is 7.49. The van der Waals surface area contributed by atoms with E-state index in [0.29, 0.717) is 31.2 Å². The van der Waals surface area contributed by atoms with Crippen molar-refractivity contribution in [2.75, 3.05) is 11.9 Å². The summed E-state index contributed by atoms with van der Waals surface area (Å²) in [6.07, 6.45) is 0. The lowest BCUT2D eigenvalue weighted by Crippen LogP contribution is -2.39. The van der Waals surface area contributed by atoms with Gasteiger partial charge in [-0.2, -0.15) is 0 Å². The summed E-state index contributed by atoms with van der Waals surface area (Å²) in [5.74, 6) is 0.365. The van der Waals surface area contributed by atoms with Crippen molar-refractivity contribution in [3.63, 3.8) is 0 Å². The van der Waals surface area contributed by atoms with Gasteiger partial charge in [-0.15, -0.1) is 0 Å². The molecule has 3 rings (SSSR count). The molecule has 126 valence electrons. The number of nitrogens with one attached hydrogen (secondary N) is 2. The molecule has 2 N–H and O–H groups in total. The molecular formula is C20H24N2O2.